The molecule has 2 heterocycles. The second-order valence-corrected chi connectivity index (χ2v) is 6.08. The summed E-state index contributed by atoms with van der Waals surface area (Å²) in [6.45, 7) is 2.88. The third-order valence-corrected chi connectivity index (χ3v) is 4.45. The summed E-state index contributed by atoms with van der Waals surface area (Å²) >= 11 is 0. The molecule has 0 radical (unpaired) electrons. The molecular weight excluding hydrogens is 304 g/mol. The number of piperidine rings is 1. The molecule has 126 valence electrons. The number of furan rings is 1. The lowest BCUT2D eigenvalue weighted by Crippen LogP contribution is -2.45. The van der Waals surface area contributed by atoms with Crippen LogP contribution in [0.3, 0.4) is 0 Å². The van der Waals surface area contributed by atoms with Gasteiger partial charge in [0.2, 0.25) is 11.8 Å². The van der Waals surface area contributed by atoms with Crippen molar-refractivity contribution in [3.8, 4) is 0 Å². The summed E-state index contributed by atoms with van der Waals surface area (Å²) in [5.74, 6) is 0.683. The molecule has 1 fully saturated rings. The normalized spacial score (nSPS) is 16.0. The van der Waals surface area contributed by atoms with E-state index < -0.39 is 6.04 Å². The van der Waals surface area contributed by atoms with Crippen LogP contribution in [0, 0.1) is 6.92 Å². The Morgan fingerprint density at radius 3 is 2.71 bits per heavy atom. The molecule has 2 amide bonds. The predicted molar refractivity (Wildman–Crippen MR) is 90.0 cm³/mol. The van der Waals surface area contributed by atoms with Gasteiger partial charge in [0.1, 0.15) is 11.8 Å². The van der Waals surface area contributed by atoms with E-state index in [1.54, 1.807) is 11.2 Å². The number of hydrogen-bond donors (Lipinski definition) is 1. The van der Waals surface area contributed by atoms with Crippen molar-refractivity contribution in [2.24, 2.45) is 0 Å². The van der Waals surface area contributed by atoms with Gasteiger partial charge in [-0.25, -0.2) is 0 Å². The van der Waals surface area contributed by atoms with E-state index in [1.165, 1.54) is 0 Å². The summed E-state index contributed by atoms with van der Waals surface area (Å²) in [6.07, 6.45) is 3.95. The zero-order valence-electron chi connectivity index (χ0n) is 13.8. The Balaban J connectivity index is 1.80. The van der Waals surface area contributed by atoms with Crippen LogP contribution in [0.25, 0.3) is 0 Å². The average molecular weight is 326 g/mol. The molecule has 0 bridgehead atoms. The second-order valence-electron chi connectivity index (χ2n) is 6.08. The van der Waals surface area contributed by atoms with Gasteiger partial charge in [-0.05, 0) is 31.4 Å². The molecule has 1 N–H and O–H groups in total. The van der Waals surface area contributed by atoms with Gasteiger partial charge in [-0.15, -0.1) is 0 Å². The smallest absolute Gasteiger partial charge is 0.247 e. The molecule has 1 atom stereocenters. The van der Waals surface area contributed by atoms with E-state index in [0.29, 0.717) is 19.5 Å². The van der Waals surface area contributed by atoms with Crippen LogP contribution in [-0.2, 0) is 16.1 Å². The molecule has 1 aliphatic heterocycles. The summed E-state index contributed by atoms with van der Waals surface area (Å²) < 4.78 is 5.26. The van der Waals surface area contributed by atoms with Gasteiger partial charge in [0, 0.05) is 25.1 Å². The Hall–Kier alpha value is -2.56. The third kappa shape index (κ3) is 3.50. The second kappa shape index (κ2) is 7.34. The largest absolute Gasteiger partial charge is 0.469 e. The van der Waals surface area contributed by atoms with Crippen molar-refractivity contribution in [3.63, 3.8) is 0 Å². The molecule has 0 saturated carbocycles. The Morgan fingerprint density at radius 1 is 1.25 bits per heavy atom. The van der Waals surface area contributed by atoms with Crippen molar-refractivity contribution in [2.45, 2.75) is 38.8 Å². The first kappa shape index (κ1) is 16.3. The van der Waals surface area contributed by atoms with Gasteiger partial charge in [0.05, 0.1) is 6.26 Å². The fraction of sp³-hybridized carbons (Fsp3) is 0.368. The van der Waals surface area contributed by atoms with Crippen molar-refractivity contribution in [2.75, 3.05) is 6.54 Å². The van der Waals surface area contributed by atoms with E-state index >= 15 is 0 Å². The van der Waals surface area contributed by atoms with Crippen LogP contribution >= 0.6 is 0 Å². The zero-order chi connectivity index (χ0) is 16.9. The van der Waals surface area contributed by atoms with Gasteiger partial charge in [0.25, 0.3) is 0 Å². The number of carbonyl (C=O) groups excluding carboxylic acids is 2. The van der Waals surface area contributed by atoms with Gasteiger partial charge in [-0.3, -0.25) is 9.59 Å². The van der Waals surface area contributed by atoms with Crippen LogP contribution in [0.2, 0.25) is 0 Å². The molecule has 5 heteroatoms. The van der Waals surface area contributed by atoms with E-state index in [4.69, 9.17) is 4.42 Å². The quantitative estimate of drug-likeness (QED) is 0.919. The van der Waals surface area contributed by atoms with Crippen molar-refractivity contribution in [3.05, 3.63) is 59.5 Å². The predicted octanol–water partition coefficient (Wildman–Crippen LogP) is 2.96. The molecule has 1 saturated heterocycles. The van der Waals surface area contributed by atoms with Crippen molar-refractivity contribution >= 4 is 11.8 Å². The number of nitrogens with one attached hydrogen (secondary N) is 1. The lowest BCUT2D eigenvalue weighted by Gasteiger charge is -2.34. The summed E-state index contributed by atoms with van der Waals surface area (Å²) in [5.41, 5.74) is 1.79. The van der Waals surface area contributed by atoms with Crippen LogP contribution in [0.5, 0.6) is 0 Å². The number of amides is 2. The van der Waals surface area contributed by atoms with E-state index in [2.05, 4.69) is 5.32 Å². The summed E-state index contributed by atoms with van der Waals surface area (Å²) in [6, 6.07) is 10.8. The first-order valence-electron chi connectivity index (χ1n) is 8.32. The standard InChI is InChI=1S/C19H22N2O3/c1-14-16(10-12-24-14)13-20-19(23)18(15-7-3-2-4-8-15)21-11-6-5-9-17(21)22/h2-4,7-8,10,12,18H,5-6,9,11,13H2,1H3,(H,20,23)/t18-/m1/s1. The Morgan fingerprint density at radius 2 is 2.04 bits per heavy atom. The molecule has 3 rings (SSSR count). The molecule has 0 spiro atoms. The molecule has 0 unspecified atom stereocenters. The van der Waals surface area contributed by atoms with Gasteiger partial charge in [0.15, 0.2) is 0 Å². The molecule has 5 nitrogen and oxygen atoms in total. The van der Waals surface area contributed by atoms with Crippen molar-refractivity contribution < 1.29 is 14.0 Å². The number of carbonyl (C=O) groups is 2. The number of aryl methyl sites for hydroxylation is 1. The van der Waals surface area contributed by atoms with E-state index in [0.717, 1.165) is 29.7 Å². The molecular formula is C19H22N2O3. The number of hydrogen-bond acceptors (Lipinski definition) is 3. The maximum absolute atomic E-state index is 12.9. The lowest BCUT2D eigenvalue weighted by molar-refractivity contribution is -0.142. The minimum Gasteiger partial charge on any atom is -0.469 e. The fourth-order valence-electron chi connectivity index (χ4n) is 3.08. The first-order valence-corrected chi connectivity index (χ1v) is 8.32. The monoisotopic (exact) mass is 326 g/mol. The highest BCUT2D eigenvalue weighted by Crippen LogP contribution is 2.26. The number of rotatable bonds is 5. The highest BCUT2D eigenvalue weighted by molar-refractivity contribution is 5.89. The number of nitrogens with zero attached hydrogens (tertiary/aromatic N) is 1. The number of benzene rings is 1. The van der Waals surface area contributed by atoms with Crippen LogP contribution in [0.15, 0.2) is 47.1 Å². The van der Waals surface area contributed by atoms with Gasteiger partial charge >= 0.3 is 0 Å². The Kier molecular flexibility index (Phi) is 4.99. The molecule has 1 aliphatic rings. The summed E-state index contributed by atoms with van der Waals surface area (Å²) in [5, 5.41) is 2.95. The molecule has 24 heavy (non-hydrogen) atoms. The molecule has 2 aromatic rings. The van der Waals surface area contributed by atoms with Gasteiger partial charge in [-0.2, -0.15) is 0 Å². The third-order valence-electron chi connectivity index (χ3n) is 4.45. The van der Waals surface area contributed by atoms with Crippen LogP contribution < -0.4 is 5.32 Å². The molecule has 1 aromatic carbocycles. The van der Waals surface area contributed by atoms with Crippen molar-refractivity contribution in [1.82, 2.24) is 10.2 Å². The van der Waals surface area contributed by atoms with Gasteiger partial charge in [-0.1, -0.05) is 30.3 Å². The van der Waals surface area contributed by atoms with E-state index in [1.807, 2.05) is 43.3 Å². The topological polar surface area (TPSA) is 62.6 Å². The Labute approximate surface area is 141 Å². The average Bonchev–Trinajstić information content (AvgIpc) is 3.01. The number of likely N-dealkylation sites (tertiary alicyclic amines) is 1. The van der Waals surface area contributed by atoms with Gasteiger partial charge < -0.3 is 14.6 Å². The summed E-state index contributed by atoms with van der Waals surface area (Å²) in [4.78, 5) is 26.9. The first-order chi connectivity index (χ1) is 11.7. The zero-order valence-corrected chi connectivity index (χ0v) is 13.8. The van der Waals surface area contributed by atoms with E-state index in [-0.39, 0.29) is 11.8 Å². The van der Waals surface area contributed by atoms with Crippen LogP contribution in [-0.4, -0.2) is 23.3 Å². The summed E-state index contributed by atoms with van der Waals surface area (Å²) in [7, 11) is 0. The maximum atomic E-state index is 12.9. The molecule has 1 aromatic heterocycles. The fourth-order valence-corrected chi connectivity index (χ4v) is 3.08. The lowest BCUT2D eigenvalue weighted by atomic mass is 10.0. The van der Waals surface area contributed by atoms with Crippen molar-refractivity contribution in [1.29, 1.82) is 0 Å². The SMILES string of the molecule is Cc1occc1CNC(=O)[C@@H](c1ccccc1)N1CCCCC1=O. The minimum absolute atomic E-state index is 0.0461. The maximum Gasteiger partial charge on any atom is 0.247 e. The van der Waals surface area contributed by atoms with E-state index in [9.17, 15) is 9.59 Å². The minimum atomic E-state index is -0.578. The Bertz CT molecular complexity index is 708. The van der Waals surface area contributed by atoms with Crippen LogP contribution in [0.4, 0.5) is 0 Å². The molecule has 0 aliphatic carbocycles. The highest BCUT2D eigenvalue weighted by Gasteiger charge is 2.32. The van der Waals surface area contributed by atoms with Crippen LogP contribution in [0.1, 0.15) is 42.2 Å². The highest BCUT2D eigenvalue weighted by atomic mass is 16.3.